The molecule has 1 unspecified atom stereocenters. The third-order valence-corrected chi connectivity index (χ3v) is 2.71. The molecule has 84 valence electrons. The zero-order valence-electron chi connectivity index (χ0n) is 9.68. The number of nitrogens with two attached hydrogens (primary N) is 1. The highest BCUT2D eigenvalue weighted by Gasteiger charge is 2.16. The van der Waals surface area contributed by atoms with Gasteiger partial charge in [0.2, 0.25) is 0 Å². The van der Waals surface area contributed by atoms with Crippen LogP contribution in [0.2, 0.25) is 0 Å². The molecule has 2 rings (SSSR count). The number of aromatic nitrogens is 4. The van der Waals surface area contributed by atoms with Crippen molar-refractivity contribution in [1.82, 2.24) is 19.7 Å². The van der Waals surface area contributed by atoms with Crippen LogP contribution in [0.3, 0.4) is 0 Å². The SMILES string of the molecule is Cc1cnn(C(C)c2nccnc2C)c1N. The largest absolute Gasteiger partial charge is 0.384 e. The molecule has 0 aliphatic rings. The number of anilines is 1. The monoisotopic (exact) mass is 217 g/mol. The molecule has 2 aromatic rings. The maximum absolute atomic E-state index is 5.94. The molecule has 5 nitrogen and oxygen atoms in total. The summed E-state index contributed by atoms with van der Waals surface area (Å²) in [5.41, 5.74) is 8.73. The van der Waals surface area contributed by atoms with E-state index < -0.39 is 0 Å². The second-order valence-electron chi connectivity index (χ2n) is 3.86. The number of hydrogen-bond acceptors (Lipinski definition) is 4. The Kier molecular flexibility index (Phi) is 2.60. The fourth-order valence-corrected chi connectivity index (χ4v) is 1.71. The van der Waals surface area contributed by atoms with Crippen molar-refractivity contribution < 1.29 is 0 Å². The summed E-state index contributed by atoms with van der Waals surface area (Å²) in [5.74, 6) is 0.678. The van der Waals surface area contributed by atoms with Gasteiger partial charge in [-0.05, 0) is 20.8 Å². The first-order valence-corrected chi connectivity index (χ1v) is 5.18. The molecule has 0 saturated heterocycles. The van der Waals surface area contributed by atoms with Crippen LogP contribution in [0.15, 0.2) is 18.6 Å². The summed E-state index contributed by atoms with van der Waals surface area (Å²) in [6, 6.07) is 0.00222. The molecule has 0 amide bonds. The summed E-state index contributed by atoms with van der Waals surface area (Å²) in [5, 5.41) is 4.26. The van der Waals surface area contributed by atoms with Crippen LogP contribution in [0.25, 0.3) is 0 Å². The van der Waals surface area contributed by atoms with Crippen LogP contribution >= 0.6 is 0 Å². The predicted octanol–water partition coefficient (Wildman–Crippen LogP) is 1.48. The van der Waals surface area contributed by atoms with Gasteiger partial charge in [0.1, 0.15) is 5.82 Å². The summed E-state index contributed by atoms with van der Waals surface area (Å²) in [6.07, 6.45) is 5.13. The lowest BCUT2D eigenvalue weighted by molar-refractivity contribution is 0.553. The van der Waals surface area contributed by atoms with Crippen molar-refractivity contribution in [2.75, 3.05) is 5.73 Å². The van der Waals surface area contributed by atoms with Crippen LogP contribution in [0.1, 0.15) is 29.9 Å². The van der Waals surface area contributed by atoms with E-state index >= 15 is 0 Å². The molecule has 5 heteroatoms. The van der Waals surface area contributed by atoms with E-state index in [2.05, 4.69) is 15.1 Å². The van der Waals surface area contributed by atoms with Crippen molar-refractivity contribution in [3.63, 3.8) is 0 Å². The summed E-state index contributed by atoms with van der Waals surface area (Å²) in [7, 11) is 0. The molecule has 2 heterocycles. The van der Waals surface area contributed by atoms with E-state index in [4.69, 9.17) is 5.73 Å². The van der Waals surface area contributed by atoms with E-state index in [1.807, 2.05) is 20.8 Å². The molecule has 0 saturated carbocycles. The minimum Gasteiger partial charge on any atom is -0.384 e. The number of nitrogens with zero attached hydrogens (tertiary/aromatic N) is 4. The first kappa shape index (κ1) is 10.6. The molecule has 0 bridgehead atoms. The molecule has 1 atom stereocenters. The molecule has 0 radical (unpaired) electrons. The fraction of sp³-hybridized carbons (Fsp3) is 0.364. The second kappa shape index (κ2) is 3.92. The van der Waals surface area contributed by atoms with Crippen LogP contribution in [0, 0.1) is 13.8 Å². The summed E-state index contributed by atoms with van der Waals surface area (Å²) in [4.78, 5) is 8.54. The minimum atomic E-state index is 0.00222. The van der Waals surface area contributed by atoms with Crippen molar-refractivity contribution in [3.05, 3.63) is 35.5 Å². The van der Waals surface area contributed by atoms with E-state index in [-0.39, 0.29) is 6.04 Å². The zero-order valence-corrected chi connectivity index (χ0v) is 9.68. The lowest BCUT2D eigenvalue weighted by atomic mass is 10.2. The molecule has 2 N–H and O–H groups in total. The molecule has 0 aromatic carbocycles. The Bertz CT molecular complexity index is 503. The Morgan fingerprint density at radius 2 is 1.94 bits per heavy atom. The molecule has 16 heavy (non-hydrogen) atoms. The van der Waals surface area contributed by atoms with Crippen molar-refractivity contribution in [2.24, 2.45) is 0 Å². The number of nitrogen functional groups attached to an aromatic ring is 1. The van der Waals surface area contributed by atoms with Crippen LogP contribution < -0.4 is 5.73 Å². The van der Waals surface area contributed by atoms with Gasteiger partial charge in [0, 0.05) is 18.0 Å². The van der Waals surface area contributed by atoms with Gasteiger partial charge in [-0.15, -0.1) is 0 Å². The molecular formula is C11H15N5. The fourth-order valence-electron chi connectivity index (χ4n) is 1.71. The van der Waals surface area contributed by atoms with Gasteiger partial charge in [-0.3, -0.25) is 9.97 Å². The average molecular weight is 217 g/mol. The molecule has 0 spiro atoms. The molecule has 0 aliphatic carbocycles. The first-order chi connectivity index (χ1) is 7.61. The molecule has 0 aliphatic heterocycles. The normalized spacial score (nSPS) is 12.7. The van der Waals surface area contributed by atoms with Crippen molar-refractivity contribution in [2.45, 2.75) is 26.8 Å². The van der Waals surface area contributed by atoms with Crippen molar-refractivity contribution in [1.29, 1.82) is 0 Å². The smallest absolute Gasteiger partial charge is 0.125 e. The van der Waals surface area contributed by atoms with Crippen LogP contribution in [-0.4, -0.2) is 19.7 Å². The summed E-state index contributed by atoms with van der Waals surface area (Å²) in [6.45, 7) is 5.89. The van der Waals surface area contributed by atoms with Crippen molar-refractivity contribution >= 4 is 5.82 Å². The highest BCUT2D eigenvalue weighted by Crippen LogP contribution is 2.21. The highest BCUT2D eigenvalue weighted by atomic mass is 15.3. The molecular weight excluding hydrogens is 202 g/mol. The number of rotatable bonds is 2. The van der Waals surface area contributed by atoms with Gasteiger partial charge in [0.25, 0.3) is 0 Å². The summed E-state index contributed by atoms with van der Waals surface area (Å²) < 4.78 is 1.77. The molecule has 0 fully saturated rings. The number of hydrogen-bond donors (Lipinski definition) is 1. The number of aryl methyl sites for hydroxylation is 2. The Hall–Kier alpha value is -1.91. The maximum Gasteiger partial charge on any atom is 0.125 e. The van der Waals surface area contributed by atoms with E-state index in [1.54, 1.807) is 23.3 Å². The van der Waals surface area contributed by atoms with Gasteiger partial charge in [0.15, 0.2) is 0 Å². The van der Waals surface area contributed by atoms with Gasteiger partial charge < -0.3 is 5.73 Å². The lowest BCUT2D eigenvalue weighted by Crippen LogP contribution is -2.14. The Morgan fingerprint density at radius 3 is 2.50 bits per heavy atom. The highest BCUT2D eigenvalue weighted by molar-refractivity contribution is 5.38. The molecule has 2 aromatic heterocycles. The minimum absolute atomic E-state index is 0.00222. The Morgan fingerprint density at radius 1 is 1.25 bits per heavy atom. The van der Waals surface area contributed by atoms with Gasteiger partial charge in [-0.25, -0.2) is 4.68 Å². The van der Waals surface area contributed by atoms with E-state index in [9.17, 15) is 0 Å². The van der Waals surface area contributed by atoms with Gasteiger partial charge in [0.05, 0.1) is 23.6 Å². The Balaban J connectivity index is 2.43. The average Bonchev–Trinajstić information content (AvgIpc) is 2.60. The zero-order chi connectivity index (χ0) is 11.7. The third kappa shape index (κ3) is 1.64. The first-order valence-electron chi connectivity index (χ1n) is 5.18. The van der Waals surface area contributed by atoms with Gasteiger partial charge in [-0.1, -0.05) is 0 Å². The van der Waals surface area contributed by atoms with Crippen molar-refractivity contribution in [3.8, 4) is 0 Å². The van der Waals surface area contributed by atoms with E-state index in [0.717, 1.165) is 17.0 Å². The lowest BCUT2D eigenvalue weighted by Gasteiger charge is -2.14. The van der Waals surface area contributed by atoms with Gasteiger partial charge >= 0.3 is 0 Å². The maximum atomic E-state index is 5.94. The van der Waals surface area contributed by atoms with E-state index in [0.29, 0.717) is 5.82 Å². The Labute approximate surface area is 94.3 Å². The van der Waals surface area contributed by atoms with Gasteiger partial charge in [-0.2, -0.15) is 5.10 Å². The van der Waals surface area contributed by atoms with Crippen LogP contribution in [0.5, 0.6) is 0 Å². The third-order valence-electron chi connectivity index (χ3n) is 2.71. The van der Waals surface area contributed by atoms with E-state index in [1.165, 1.54) is 0 Å². The summed E-state index contributed by atoms with van der Waals surface area (Å²) >= 11 is 0. The van der Waals surface area contributed by atoms with Crippen LogP contribution in [-0.2, 0) is 0 Å². The quantitative estimate of drug-likeness (QED) is 0.827. The topological polar surface area (TPSA) is 69.6 Å². The second-order valence-corrected chi connectivity index (χ2v) is 3.86. The van der Waals surface area contributed by atoms with Crippen LogP contribution in [0.4, 0.5) is 5.82 Å². The predicted molar refractivity (Wildman–Crippen MR) is 62.0 cm³/mol. The standard InChI is InChI=1S/C11H15N5/c1-7-6-15-16(11(7)12)9(3)10-8(2)13-4-5-14-10/h4-6,9H,12H2,1-3H3.